The van der Waals surface area contributed by atoms with Gasteiger partial charge in [0, 0.05) is 6.61 Å². The van der Waals surface area contributed by atoms with Crippen molar-refractivity contribution in [3.63, 3.8) is 0 Å². The molecule has 0 radical (unpaired) electrons. The van der Waals surface area contributed by atoms with Gasteiger partial charge in [-0.1, -0.05) is 13.8 Å². The van der Waals surface area contributed by atoms with Crippen LogP contribution in [0.2, 0.25) is 0 Å². The van der Waals surface area contributed by atoms with Crippen LogP contribution in [-0.4, -0.2) is 38.4 Å². The topological polar surface area (TPSA) is 47.6 Å². The van der Waals surface area contributed by atoms with Crippen molar-refractivity contribution in [2.24, 2.45) is 5.92 Å². The molecule has 0 saturated carbocycles. The predicted molar refractivity (Wildman–Crippen MR) is 59.8 cm³/mol. The van der Waals surface area contributed by atoms with E-state index in [1.165, 1.54) is 0 Å². The summed E-state index contributed by atoms with van der Waals surface area (Å²) in [6.45, 7) is 9.09. The Morgan fingerprint density at radius 3 is 2.47 bits per heavy atom. The van der Waals surface area contributed by atoms with Crippen molar-refractivity contribution in [3.05, 3.63) is 0 Å². The molecule has 0 aromatic heterocycles. The standard InChI is InChI=1S/C11H23NO3/c1-6-15-10(13)11(4,12-5)8-14-7-9(2)3/h9,12H,6-8H2,1-5H3. The summed E-state index contributed by atoms with van der Waals surface area (Å²) in [7, 11) is 1.73. The fraction of sp³-hybridized carbons (Fsp3) is 0.909. The number of likely N-dealkylation sites (N-methyl/N-ethyl adjacent to an activating group) is 1. The van der Waals surface area contributed by atoms with Crippen LogP contribution in [-0.2, 0) is 14.3 Å². The number of rotatable bonds is 7. The Labute approximate surface area is 92.3 Å². The first-order valence-corrected chi connectivity index (χ1v) is 5.40. The van der Waals surface area contributed by atoms with Crippen LogP contribution in [0.1, 0.15) is 27.7 Å². The summed E-state index contributed by atoms with van der Waals surface area (Å²) in [5.74, 6) is 0.199. The monoisotopic (exact) mass is 217 g/mol. The lowest BCUT2D eigenvalue weighted by Crippen LogP contribution is -2.52. The average molecular weight is 217 g/mol. The van der Waals surface area contributed by atoms with Crippen molar-refractivity contribution < 1.29 is 14.3 Å². The molecule has 0 spiro atoms. The van der Waals surface area contributed by atoms with Gasteiger partial charge in [-0.05, 0) is 26.8 Å². The van der Waals surface area contributed by atoms with Crippen LogP contribution in [0.4, 0.5) is 0 Å². The molecule has 0 aliphatic heterocycles. The number of hydrogen-bond acceptors (Lipinski definition) is 4. The Morgan fingerprint density at radius 2 is 2.07 bits per heavy atom. The Bertz CT molecular complexity index is 194. The number of esters is 1. The maximum Gasteiger partial charge on any atom is 0.328 e. The molecule has 0 aromatic rings. The molecule has 4 heteroatoms. The van der Waals surface area contributed by atoms with Gasteiger partial charge >= 0.3 is 5.97 Å². The molecule has 0 bridgehead atoms. The summed E-state index contributed by atoms with van der Waals surface area (Å²) < 4.78 is 10.4. The smallest absolute Gasteiger partial charge is 0.328 e. The second-order valence-corrected chi connectivity index (χ2v) is 4.21. The van der Waals surface area contributed by atoms with Crippen molar-refractivity contribution in [1.82, 2.24) is 5.32 Å². The summed E-state index contributed by atoms with van der Waals surface area (Å²) >= 11 is 0. The van der Waals surface area contributed by atoms with Crippen LogP contribution in [0.5, 0.6) is 0 Å². The Hall–Kier alpha value is -0.610. The van der Waals surface area contributed by atoms with E-state index in [2.05, 4.69) is 19.2 Å². The van der Waals surface area contributed by atoms with Gasteiger partial charge in [-0.2, -0.15) is 0 Å². The van der Waals surface area contributed by atoms with Crippen LogP contribution in [0.25, 0.3) is 0 Å². The van der Waals surface area contributed by atoms with E-state index in [0.717, 1.165) is 0 Å². The van der Waals surface area contributed by atoms with Gasteiger partial charge in [-0.3, -0.25) is 0 Å². The largest absolute Gasteiger partial charge is 0.465 e. The van der Waals surface area contributed by atoms with E-state index >= 15 is 0 Å². The quantitative estimate of drug-likeness (QED) is 0.651. The Kier molecular flexibility index (Phi) is 6.52. The van der Waals surface area contributed by atoms with Gasteiger partial charge < -0.3 is 14.8 Å². The molecule has 0 aromatic carbocycles. The molecule has 0 fully saturated rings. The first kappa shape index (κ1) is 14.4. The SMILES string of the molecule is CCOC(=O)C(C)(COCC(C)C)NC. The molecule has 0 rings (SSSR count). The lowest BCUT2D eigenvalue weighted by atomic mass is 10.1. The first-order chi connectivity index (χ1) is 6.96. The Balaban J connectivity index is 4.12. The summed E-state index contributed by atoms with van der Waals surface area (Å²) in [4.78, 5) is 11.6. The van der Waals surface area contributed by atoms with E-state index in [1.54, 1.807) is 20.9 Å². The predicted octanol–water partition coefficient (Wildman–Crippen LogP) is 1.20. The summed E-state index contributed by atoms with van der Waals surface area (Å²) in [5, 5.41) is 2.94. The highest BCUT2D eigenvalue weighted by Gasteiger charge is 2.33. The molecular weight excluding hydrogens is 194 g/mol. The van der Waals surface area contributed by atoms with Gasteiger partial charge in [0.25, 0.3) is 0 Å². The molecule has 0 heterocycles. The third kappa shape index (κ3) is 5.14. The van der Waals surface area contributed by atoms with E-state index in [9.17, 15) is 4.79 Å². The van der Waals surface area contributed by atoms with Gasteiger partial charge in [0.1, 0.15) is 5.54 Å². The molecule has 4 nitrogen and oxygen atoms in total. The van der Waals surface area contributed by atoms with E-state index < -0.39 is 5.54 Å². The Morgan fingerprint density at radius 1 is 1.47 bits per heavy atom. The minimum absolute atomic E-state index is 0.267. The maximum atomic E-state index is 11.6. The molecule has 0 aliphatic rings. The summed E-state index contributed by atoms with van der Waals surface area (Å²) in [6.07, 6.45) is 0. The van der Waals surface area contributed by atoms with Crippen LogP contribution in [0.15, 0.2) is 0 Å². The zero-order chi connectivity index (χ0) is 11.9. The minimum atomic E-state index is -0.745. The third-order valence-corrected chi connectivity index (χ3v) is 2.12. The van der Waals surface area contributed by atoms with Crippen molar-refractivity contribution in [1.29, 1.82) is 0 Å². The van der Waals surface area contributed by atoms with Crippen LogP contribution in [0, 0.1) is 5.92 Å². The number of ether oxygens (including phenoxy) is 2. The van der Waals surface area contributed by atoms with E-state index in [0.29, 0.717) is 25.7 Å². The number of nitrogens with one attached hydrogen (secondary N) is 1. The van der Waals surface area contributed by atoms with Gasteiger partial charge in [0.15, 0.2) is 0 Å². The molecular formula is C11H23NO3. The van der Waals surface area contributed by atoms with E-state index in [4.69, 9.17) is 9.47 Å². The van der Waals surface area contributed by atoms with E-state index in [1.807, 2.05) is 0 Å². The first-order valence-electron chi connectivity index (χ1n) is 5.40. The highest BCUT2D eigenvalue weighted by Crippen LogP contribution is 2.08. The molecule has 15 heavy (non-hydrogen) atoms. The highest BCUT2D eigenvalue weighted by atomic mass is 16.5. The van der Waals surface area contributed by atoms with Crippen molar-refractivity contribution in [2.45, 2.75) is 33.2 Å². The van der Waals surface area contributed by atoms with Crippen molar-refractivity contribution in [3.8, 4) is 0 Å². The van der Waals surface area contributed by atoms with E-state index in [-0.39, 0.29) is 5.97 Å². The van der Waals surface area contributed by atoms with Crippen molar-refractivity contribution >= 4 is 5.97 Å². The summed E-state index contributed by atoms with van der Waals surface area (Å²) in [6, 6.07) is 0. The van der Waals surface area contributed by atoms with Gasteiger partial charge in [0.05, 0.1) is 13.2 Å². The third-order valence-electron chi connectivity index (χ3n) is 2.12. The zero-order valence-electron chi connectivity index (χ0n) is 10.4. The lowest BCUT2D eigenvalue weighted by molar-refractivity contribution is -0.153. The fourth-order valence-corrected chi connectivity index (χ4v) is 1.02. The van der Waals surface area contributed by atoms with Gasteiger partial charge in [-0.15, -0.1) is 0 Å². The molecule has 1 N–H and O–H groups in total. The molecule has 1 atom stereocenters. The number of carbonyl (C=O) groups excluding carboxylic acids is 1. The molecule has 0 saturated heterocycles. The molecule has 0 aliphatic carbocycles. The van der Waals surface area contributed by atoms with Crippen molar-refractivity contribution in [2.75, 3.05) is 26.9 Å². The second-order valence-electron chi connectivity index (χ2n) is 4.21. The highest BCUT2D eigenvalue weighted by molar-refractivity contribution is 5.80. The summed E-state index contributed by atoms with van der Waals surface area (Å²) in [5.41, 5.74) is -0.745. The minimum Gasteiger partial charge on any atom is -0.465 e. The van der Waals surface area contributed by atoms with Crippen LogP contribution < -0.4 is 5.32 Å². The van der Waals surface area contributed by atoms with Gasteiger partial charge in [0.2, 0.25) is 0 Å². The second kappa shape index (κ2) is 6.80. The lowest BCUT2D eigenvalue weighted by Gasteiger charge is -2.26. The fourth-order valence-electron chi connectivity index (χ4n) is 1.02. The average Bonchev–Trinajstić information content (AvgIpc) is 2.17. The molecule has 0 amide bonds. The number of hydrogen-bond donors (Lipinski definition) is 1. The molecule has 1 unspecified atom stereocenters. The van der Waals surface area contributed by atoms with Gasteiger partial charge in [-0.25, -0.2) is 4.79 Å². The number of carbonyl (C=O) groups is 1. The van der Waals surface area contributed by atoms with Crippen LogP contribution >= 0.6 is 0 Å². The normalized spacial score (nSPS) is 15.1. The zero-order valence-corrected chi connectivity index (χ0v) is 10.4. The molecule has 90 valence electrons. The maximum absolute atomic E-state index is 11.6. The van der Waals surface area contributed by atoms with Crippen LogP contribution in [0.3, 0.4) is 0 Å².